The van der Waals surface area contributed by atoms with Crippen molar-refractivity contribution < 1.29 is 23.9 Å². The maximum Gasteiger partial charge on any atom is 0.309 e. The Morgan fingerprint density at radius 1 is 1.15 bits per heavy atom. The molecule has 0 saturated heterocycles. The van der Waals surface area contributed by atoms with Crippen LogP contribution in [0.2, 0.25) is 0 Å². The van der Waals surface area contributed by atoms with Crippen molar-refractivity contribution in [3.63, 3.8) is 0 Å². The van der Waals surface area contributed by atoms with Crippen molar-refractivity contribution in [2.75, 3.05) is 6.61 Å². The molecule has 184 valence electrons. The maximum atomic E-state index is 14.3. The zero-order valence-electron chi connectivity index (χ0n) is 21.9. The summed E-state index contributed by atoms with van der Waals surface area (Å²) < 4.78 is 11.7. The Labute approximate surface area is 199 Å². The molecular weight excluding hydrogens is 416 g/mol. The van der Waals surface area contributed by atoms with E-state index < -0.39 is 22.3 Å². The lowest BCUT2D eigenvalue weighted by molar-refractivity contribution is -0.175. The van der Waals surface area contributed by atoms with Crippen molar-refractivity contribution in [1.29, 1.82) is 0 Å². The molecule has 0 heterocycles. The number of rotatable bonds is 5. The Hall–Kier alpha value is -1.91. The molecule has 0 N–H and O–H groups in total. The van der Waals surface area contributed by atoms with Crippen LogP contribution in [0, 0.1) is 40.4 Å². The molecule has 0 aliphatic heterocycles. The van der Waals surface area contributed by atoms with Crippen molar-refractivity contribution >= 4 is 17.7 Å². The SMILES string of the molecule is CC(=O)O[C@]1(C)CC(C)C23C=C(C)CC2CC(COC(=O)C(C)C(C)C)=CC(C3=O)C1(C)C. The number of fused-ring (bicyclic) bond motifs is 1. The van der Waals surface area contributed by atoms with E-state index >= 15 is 0 Å². The first-order chi connectivity index (χ1) is 15.2. The highest BCUT2D eigenvalue weighted by molar-refractivity contribution is 5.93. The monoisotopic (exact) mass is 458 g/mol. The lowest BCUT2D eigenvalue weighted by Crippen LogP contribution is -2.50. The van der Waals surface area contributed by atoms with Crippen LogP contribution in [0.15, 0.2) is 23.3 Å². The lowest BCUT2D eigenvalue weighted by Gasteiger charge is -2.45. The molecule has 3 rings (SSSR count). The van der Waals surface area contributed by atoms with Gasteiger partial charge in [-0.15, -0.1) is 0 Å². The normalized spacial score (nSPS) is 36.2. The van der Waals surface area contributed by atoms with E-state index in [2.05, 4.69) is 19.9 Å². The van der Waals surface area contributed by atoms with Crippen LogP contribution in [0.5, 0.6) is 0 Å². The molecule has 1 fully saturated rings. The van der Waals surface area contributed by atoms with Gasteiger partial charge in [0, 0.05) is 18.3 Å². The van der Waals surface area contributed by atoms with Gasteiger partial charge in [-0.2, -0.15) is 0 Å². The summed E-state index contributed by atoms with van der Waals surface area (Å²) in [5.41, 5.74) is 0.239. The highest BCUT2D eigenvalue weighted by atomic mass is 16.6. The predicted molar refractivity (Wildman–Crippen MR) is 128 cm³/mol. The molecule has 2 bridgehead atoms. The third kappa shape index (κ3) is 4.21. The van der Waals surface area contributed by atoms with E-state index in [4.69, 9.17) is 9.47 Å². The van der Waals surface area contributed by atoms with Gasteiger partial charge in [0.1, 0.15) is 12.2 Å². The Morgan fingerprint density at radius 3 is 2.36 bits per heavy atom. The number of carbonyl (C=O) groups is 3. The summed E-state index contributed by atoms with van der Waals surface area (Å²) in [6, 6.07) is 0. The quantitative estimate of drug-likeness (QED) is 0.392. The van der Waals surface area contributed by atoms with Crippen molar-refractivity contribution in [3.05, 3.63) is 23.3 Å². The second kappa shape index (κ2) is 8.70. The van der Waals surface area contributed by atoms with Crippen LogP contribution < -0.4 is 0 Å². The van der Waals surface area contributed by atoms with E-state index in [1.165, 1.54) is 12.5 Å². The minimum absolute atomic E-state index is 0.0253. The standard InChI is InChI=1S/C28H42O5/c1-16(2)19(5)25(31)32-15-21-11-22-10-17(3)13-28(22)18(4)14-27(9,33-20(6)29)26(7,8)23(12-21)24(28)30/h12-13,16,18-19,22-23H,10-11,14-15H2,1-9H3/t18?,19?,22?,23?,27-,28?/m1/s1. The molecule has 5 nitrogen and oxygen atoms in total. The molecular formula is C28H42O5. The van der Waals surface area contributed by atoms with Gasteiger partial charge in [-0.25, -0.2) is 0 Å². The van der Waals surface area contributed by atoms with E-state index in [0.29, 0.717) is 6.42 Å². The van der Waals surface area contributed by atoms with E-state index in [0.717, 1.165) is 18.4 Å². The molecule has 3 aliphatic carbocycles. The molecule has 33 heavy (non-hydrogen) atoms. The average molecular weight is 459 g/mol. The molecule has 6 atom stereocenters. The summed E-state index contributed by atoms with van der Waals surface area (Å²) >= 11 is 0. The third-order valence-electron chi connectivity index (χ3n) is 9.14. The number of hydrogen-bond donors (Lipinski definition) is 0. The minimum Gasteiger partial charge on any atom is -0.461 e. The topological polar surface area (TPSA) is 69.7 Å². The van der Waals surface area contributed by atoms with Crippen molar-refractivity contribution in [1.82, 2.24) is 0 Å². The van der Waals surface area contributed by atoms with Gasteiger partial charge in [0.2, 0.25) is 0 Å². The summed E-state index contributed by atoms with van der Waals surface area (Å²) in [5.74, 6) is -0.554. The summed E-state index contributed by atoms with van der Waals surface area (Å²) in [4.78, 5) is 39.0. The van der Waals surface area contributed by atoms with Crippen molar-refractivity contribution in [3.8, 4) is 0 Å². The third-order valence-corrected chi connectivity index (χ3v) is 9.14. The zero-order valence-corrected chi connectivity index (χ0v) is 21.9. The van der Waals surface area contributed by atoms with Gasteiger partial charge in [0.15, 0.2) is 5.78 Å². The average Bonchev–Trinajstić information content (AvgIpc) is 2.96. The molecule has 0 aromatic carbocycles. The fourth-order valence-electron chi connectivity index (χ4n) is 6.45. The molecule has 3 aliphatic rings. The van der Waals surface area contributed by atoms with Crippen LogP contribution in [0.25, 0.3) is 0 Å². The largest absolute Gasteiger partial charge is 0.461 e. The lowest BCUT2D eigenvalue weighted by atomic mass is 9.63. The Morgan fingerprint density at radius 2 is 1.79 bits per heavy atom. The van der Waals surface area contributed by atoms with E-state index in [1.54, 1.807) is 0 Å². The number of allylic oxidation sites excluding steroid dienone is 3. The van der Waals surface area contributed by atoms with E-state index in [-0.39, 0.29) is 48.0 Å². The maximum absolute atomic E-state index is 14.3. The first-order valence-corrected chi connectivity index (χ1v) is 12.4. The number of carbonyl (C=O) groups excluding carboxylic acids is 3. The molecule has 0 radical (unpaired) electrons. The van der Waals surface area contributed by atoms with E-state index in [9.17, 15) is 14.4 Å². The van der Waals surface area contributed by atoms with Crippen LogP contribution in [-0.4, -0.2) is 29.9 Å². The number of ketones is 1. The smallest absolute Gasteiger partial charge is 0.309 e. The fourth-order valence-corrected chi connectivity index (χ4v) is 6.45. The van der Waals surface area contributed by atoms with Crippen LogP contribution in [-0.2, 0) is 23.9 Å². The van der Waals surface area contributed by atoms with Gasteiger partial charge >= 0.3 is 11.9 Å². The second-order valence-electron chi connectivity index (χ2n) is 12.0. The summed E-state index contributed by atoms with van der Waals surface area (Å²) in [6.07, 6.45) is 6.48. The molecule has 5 heteroatoms. The Kier molecular flexibility index (Phi) is 6.78. The fraction of sp³-hybridized carbons (Fsp3) is 0.750. The first-order valence-electron chi connectivity index (χ1n) is 12.4. The van der Waals surface area contributed by atoms with Crippen LogP contribution in [0.4, 0.5) is 0 Å². The summed E-state index contributed by atoms with van der Waals surface area (Å²) in [5, 5.41) is 0. The second-order valence-corrected chi connectivity index (χ2v) is 12.0. The van der Waals surface area contributed by atoms with Gasteiger partial charge in [-0.05, 0) is 56.4 Å². The van der Waals surface area contributed by atoms with E-state index in [1.807, 2.05) is 47.6 Å². The Balaban J connectivity index is 2.07. The Bertz CT molecular complexity index is 894. The molecule has 0 aromatic heterocycles. The van der Waals surface area contributed by atoms with Gasteiger partial charge in [0.25, 0.3) is 0 Å². The molecule has 0 aromatic rings. The van der Waals surface area contributed by atoms with Crippen molar-refractivity contribution in [2.45, 2.75) is 87.2 Å². The summed E-state index contributed by atoms with van der Waals surface area (Å²) in [6.45, 7) is 17.9. The highest BCUT2D eigenvalue weighted by Gasteiger charge is 2.64. The molecule has 1 saturated carbocycles. The van der Waals surface area contributed by atoms with Crippen LogP contribution in [0.3, 0.4) is 0 Å². The number of ether oxygens (including phenoxy) is 2. The molecule has 0 amide bonds. The van der Waals surface area contributed by atoms with Gasteiger partial charge in [-0.1, -0.05) is 59.3 Å². The predicted octanol–water partition coefficient (Wildman–Crippen LogP) is 5.68. The molecule has 1 spiro atoms. The van der Waals surface area contributed by atoms with Crippen LogP contribution in [0.1, 0.15) is 81.6 Å². The highest BCUT2D eigenvalue weighted by Crippen LogP contribution is 2.62. The van der Waals surface area contributed by atoms with Gasteiger partial charge < -0.3 is 9.47 Å². The first kappa shape index (κ1) is 25.7. The summed E-state index contributed by atoms with van der Waals surface area (Å²) in [7, 11) is 0. The minimum atomic E-state index is -0.793. The van der Waals surface area contributed by atoms with Gasteiger partial charge in [0.05, 0.1) is 11.3 Å². The van der Waals surface area contributed by atoms with Crippen molar-refractivity contribution in [2.24, 2.45) is 40.4 Å². The molecule has 5 unspecified atom stereocenters. The number of Topliss-reactive ketones (excluding diaryl/α,β-unsaturated/α-hetero) is 1. The number of esters is 2. The van der Waals surface area contributed by atoms with Gasteiger partial charge in [-0.3, -0.25) is 14.4 Å². The zero-order chi connectivity index (χ0) is 24.9. The van der Waals surface area contributed by atoms with Crippen LogP contribution >= 0.6 is 0 Å². The number of hydrogen-bond acceptors (Lipinski definition) is 5.